The first-order valence-electron chi connectivity index (χ1n) is 8.08. The van der Waals surface area contributed by atoms with Gasteiger partial charge in [-0.3, -0.25) is 14.4 Å². The number of amides is 1. The molecule has 26 heavy (non-hydrogen) atoms. The van der Waals surface area contributed by atoms with Gasteiger partial charge in [0, 0.05) is 20.8 Å². The average molecular weight is 371 g/mol. The summed E-state index contributed by atoms with van der Waals surface area (Å²) < 4.78 is 20.7. The first kappa shape index (κ1) is 21.5. The van der Waals surface area contributed by atoms with Gasteiger partial charge >= 0.3 is 24.0 Å². The van der Waals surface area contributed by atoms with E-state index in [0.29, 0.717) is 0 Å². The Morgan fingerprint density at radius 3 is 1.77 bits per heavy atom. The molecule has 0 aliphatic heterocycles. The second-order valence-corrected chi connectivity index (χ2v) is 6.78. The zero-order chi connectivity index (χ0) is 20.1. The summed E-state index contributed by atoms with van der Waals surface area (Å²) in [5.74, 6) is -1.91. The van der Waals surface area contributed by atoms with E-state index in [1.165, 1.54) is 32.9 Å². The fraction of sp³-hybridized carbons (Fsp3) is 0.647. The molecule has 0 radical (unpaired) electrons. The van der Waals surface area contributed by atoms with Crippen LogP contribution in [0.15, 0.2) is 12.2 Å². The number of ether oxygens (including phenoxy) is 4. The molecule has 9 heteroatoms. The number of alkyl carbamates (subject to hydrolysis) is 1. The molecule has 0 aromatic carbocycles. The molecule has 1 amide bonds. The van der Waals surface area contributed by atoms with Crippen LogP contribution in [0.25, 0.3) is 0 Å². The highest BCUT2D eigenvalue weighted by molar-refractivity contribution is 5.70. The van der Waals surface area contributed by atoms with Crippen molar-refractivity contribution in [3.05, 3.63) is 12.2 Å². The largest absolute Gasteiger partial charge is 0.456 e. The second kappa shape index (κ2) is 8.68. The van der Waals surface area contributed by atoms with Crippen molar-refractivity contribution in [2.24, 2.45) is 0 Å². The quantitative estimate of drug-likeness (QED) is 0.446. The minimum absolute atomic E-state index is 0.600. The van der Waals surface area contributed by atoms with Gasteiger partial charge in [-0.1, -0.05) is 6.08 Å². The lowest BCUT2D eigenvalue weighted by molar-refractivity contribution is -0.181. The van der Waals surface area contributed by atoms with Crippen molar-refractivity contribution < 1.29 is 38.1 Å². The van der Waals surface area contributed by atoms with Crippen LogP contribution in [0.2, 0.25) is 0 Å². The summed E-state index contributed by atoms with van der Waals surface area (Å²) in [4.78, 5) is 46.3. The van der Waals surface area contributed by atoms with E-state index in [1.54, 1.807) is 20.8 Å². The van der Waals surface area contributed by atoms with E-state index in [-0.39, 0.29) is 0 Å². The third kappa shape index (κ3) is 7.12. The van der Waals surface area contributed by atoms with E-state index in [1.807, 2.05) is 0 Å². The number of rotatable bonds is 4. The van der Waals surface area contributed by atoms with Crippen LogP contribution in [-0.2, 0) is 33.3 Å². The van der Waals surface area contributed by atoms with Gasteiger partial charge in [0.1, 0.15) is 5.60 Å². The van der Waals surface area contributed by atoms with E-state index in [2.05, 4.69) is 5.32 Å². The average Bonchev–Trinajstić information content (AvgIpc) is 2.41. The molecule has 9 nitrogen and oxygen atoms in total. The lowest BCUT2D eigenvalue weighted by atomic mass is 9.93. The Hall–Kier alpha value is -2.58. The molecule has 0 spiro atoms. The van der Waals surface area contributed by atoms with Gasteiger partial charge in [0.25, 0.3) is 0 Å². The fourth-order valence-corrected chi connectivity index (χ4v) is 2.37. The summed E-state index contributed by atoms with van der Waals surface area (Å²) in [6.07, 6.45) is -0.972. The van der Waals surface area contributed by atoms with Crippen molar-refractivity contribution in [1.29, 1.82) is 0 Å². The van der Waals surface area contributed by atoms with Gasteiger partial charge in [-0.05, 0) is 26.8 Å². The van der Waals surface area contributed by atoms with Crippen LogP contribution in [0.3, 0.4) is 0 Å². The van der Waals surface area contributed by atoms with Gasteiger partial charge in [-0.15, -0.1) is 0 Å². The molecule has 0 saturated carbocycles. The molecule has 1 aliphatic rings. The monoisotopic (exact) mass is 371 g/mol. The normalized spacial score (nSPS) is 25.0. The molecule has 0 fully saturated rings. The summed E-state index contributed by atoms with van der Waals surface area (Å²) >= 11 is 0. The molecule has 0 aromatic heterocycles. The molecule has 0 aromatic rings. The highest BCUT2D eigenvalue weighted by Crippen LogP contribution is 2.23. The Morgan fingerprint density at radius 1 is 0.808 bits per heavy atom. The number of carbonyl (C=O) groups excluding carboxylic acids is 4. The number of esters is 3. The standard InChI is InChI=1S/C17H25NO8/c1-9(19)23-13-8-7-12(18-16(22)26-17(4,5)6)14(24-10(2)20)15(13)25-11(3)21/h7-8,12-15H,1-6H3,(H,18,22)/t12-,13+,14-,15+/m0/s1. The molecule has 0 bridgehead atoms. The zero-order valence-corrected chi connectivity index (χ0v) is 15.7. The molecule has 1 rings (SSSR count). The topological polar surface area (TPSA) is 117 Å². The molecule has 1 N–H and O–H groups in total. The van der Waals surface area contributed by atoms with Gasteiger partial charge in [0.15, 0.2) is 18.3 Å². The number of hydrogen-bond donors (Lipinski definition) is 1. The number of nitrogens with one attached hydrogen (secondary N) is 1. The van der Waals surface area contributed by atoms with Gasteiger partial charge < -0.3 is 24.3 Å². The fourth-order valence-electron chi connectivity index (χ4n) is 2.37. The SMILES string of the molecule is CC(=O)O[C@@H]1[C@H](OC(C)=O)[C@H](OC(C)=O)C=C[C@@H]1NC(=O)OC(C)(C)C. The Labute approximate surface area is 152 Å². The molecular formula is C17H25NO8. The van der Waals surface area contributed by atoms with Crippen molar-refractivity contribution in [2.75, 3.05) is 0 Å². The summed E-state index contributed by atoms with van der Waals surface area (Å²) in [5, 5.41) is 2.55. The zero-order valence-electron chi connectivity index (χ0n) is 15.7. The minimum Gasteiger partial charge on any atom is -0.456 e. The van der Waals surface area contributed by atoms with Crippen LogP contribution >= 0.6 is 0 Å². The summed E-state index contributed by atoms with van der Waals surface area (Å²) in [6, 6.07) is -0.843. The Kier molecular flexibility index (Phi) is 7.17. The third-order valence-electron chi connectivity index (χ3n) is 3.10. The molecule has 1 aliphatic carbocycles. The highest BCUT2D eigenvalue weighted by atomic mass is 16.6. The van der Waals surface area contributed by atoms with Gasteiger partial charge in [-0.2, -0.15) is 0 Å². The molecule has 4 atom stereocenters. The van der Waals surface area contributed by atoms with Crippen LogP contribution in [-0.4, -0.2) is 54.0 Å². The maximum Gasteiger partial charge on any atom is 0.408 e. The first-order valence-corrected chi connectivity index (χ1v) is 8.08. The third-order valence-corrected chi connectivity index (χ3v) is 3.10. The number of hydrogen-bond acceptors (Lipinski definition) is 8. The summed E-state index contributed by atoms with van der Waals surface area (Å²) in [6.45, 7) is 8.64. The van der Waals surface area contributed by atoms with Crippen molar-refractivity contribution in [1.82, 2.24) is 5.32 Å². The molecular weight excluding hydrogens is 346 g/mol. The Bertz CT molecular complexity index is 592. The van der Waals surface area contributed by atoms with Crippen LogP contribution < -0.4 is 5.32 Å². The molecule has 0 saturated heterocycles. The Balaban J connectivity index is 3.10. The van der Waals surface area contributed by atoms with E-state index in [4.69, 9.17) is 18.9 Å². The maximum atomic E-state index is 12.0. The lowest BCUT2D eigenvalue weighted by Gasteiger charge is -2.37. The first-order chi connectivity index (χ1) is 11.9. The molecule has 0 heterocycles. The van der Waals surface area contributed by atoms with Crippen LogP contribution in [0, 0.1) is 0 Å². The predicted octanol–water partition coefficient (Wildman–Crippen LogP) is 1.24. The van der Waals surface area contributed by atoms with E-state index in [0.717, 1.165) is 0 Å². The van der Waals surface area contributed by atoms with Gasteiger partial charge in [0.2, 0.25) is 0 Å². The van der Waals surface area contributed by atoms with E-state index in [9.17, 15) is 19.2 Å². The highest BCUT2D eigenvalue weighted by Gasteiger charge is 2.43. The van der Waals surface area contributed by atoms with Gasteiger partial charge in [0.05, 0.1) is 6.04 Å². The molecule has 146 valence electrons. The van der Waals surface area contributed by atoms with Crippen molar-refractivity contribution in [3.63, 3.8) is 0 Å². The van der Waals surface area contributed by atoms with Crippen LogP contribution in [0.1, 0.15) is 41.5 Å². The lowest BCUT2D eigenvalue weighted by Crippen LogP contribution is -2.57. The van der Waals surface area contributed by atoms with Crippen molar-refractivity contribution in [2.45, 2.75) is 71.5 Å². The van der Waals surface area contributed by atoms with E-state index < -0.39 is 54.0 Å². The van der Waals surface area contributed by atoms with Crippen molar-refractivity contribution in [3.8, 4) is 0 Å². The summed E-state index contributed by atoms with van der Waals surface area (Å²) in [7, 11) is 0. The predicted molar refractivity (Wildman–Crippen MR) is 89.0 cm³/mol. The Morgan fingerprint density at radius 2 is 1.31 bits per heavy atom. The maximum absolute atomic E-state index is 12.0. The van der Waals surface area contributed by atoms with Crippen LogP contribution in [0.4, 0.5) is 4.79 Å². The number of carbonyl (C=O) groups is 4. The van der Waals surface area contributed by atoms with Gasteiger partial charge in [-0.25, -0.2) is 4.79 Å². The van der Waals surface area contributed by atoms with Crippen molar-refractivity contribution >= 4 is 24.0 Å². The minimum atomic E-state index is -1.12. The summed E-state index contributed by atoms with van der Waals surface area (Å²) in [5.41, 5.74) is -0.727. The molecule has 0 unspecified atom stereocenters. The smallest absolute Gasteiger partial charge is 0.408 e. The van der Waals surface area contributed by atoms with E-state index >= 15 is 0 Å². The second-order valence-electron chi connectivity index (χ2n) is 6.78. The van der Waals surface area contributed by atoms with Crippen LogP contribution in [0.5, 0.6) is 0 Å².